The molecule has 0 aromatic carbocycles. The van der Waals surface area contributed by atoms with Crippen LogP contribution in [-0.2, 0) is 14.4 Å². The van der Waals surface area contributed by atoms with E-state index in [0.29, 0.717) is 30.9 Å². The molecule has 8 nitrogen and oxygen atoms in total. The highest BCUT2D eigenvalue weighted by Crippen LogP contribution is 2.23. The van der Waals surface area contributed by atoms with Crippen molar-refractivity contribution in [2.45, 2.75) is 45.1 Å². The number of pyridine rings is 1. The number of halogens is 1. The molecule has 0 radical (unpaired) electrons. The van der Waals surface area contributed by atoms with Crippen molar-refractivity contribution in [1.29, 1.82) is 0 Å². The van der Waals surface area contributed by atoms with Gasteiger partial charge in [0, 0.05) is 6.54 Å². The van der Waals surface area contributed by atoms with E-state index in [0.717, 1.165) is 19.0 Å². The zero-order chi connectivity index (χ0) is 19.8. The van der Waals surface area contributed by atoms with Gasteiger partial charge in [0.15, 0.2) is 0 Å². The molecule has 1 aromatic heterocycles. The lowest BCUT2D eigenvalue weighted by atomic mass is 9.99. The quantitative estimate of drug-likeness (QED) is 0.386. The minimum atomic E-state index is -0.656. The summed E-state index contributed by atoms with van der Waals surface area (Å²) in [5.74, 6) is -1.50. The number of unbranched alkanes of at least 4 members (excludes halogenated alkanes) is 1. The molecule has 2 N–H and O–H groups in total. The summed E-state index contributed by atoms with van der Waals surface area (Å²) in [6, 6.07) is 1.89. The SMILES string of the molecule is CCCCC(CN(O)C=O)C(=O)N1CCCC1C(=O)Nc1ccc(F)cn1. The van der Waals surface area contributed by atoms with Crippen molar-refractivity contribution in [3.05, 3.63) is 24.1 Å². The van der Waals surface area contributed by atoms with E-state index in [1.165, 1.54) is 17.0 Å². The minimum Gasteiger partial charge on any atom is -0.330 e. The summed E-state index contributed by atoms with van der Waals surface area (Å²) in [7, 11) is 0. The number of nitrogens with zero attached hydrogens (tertiary/aromatic N) is 3. The van der Waals surface area contributed by atoms with Gasteiger partial charge in [-0.2, -0.15) is 0 Å². The van der Waals surface area contributed by atoms with Gasteiger partial charge in [-0.05, 0) is 31.4 Å². The van der Waals surface area contributed by atoms with Crippen LogP contribution in [0.5, 0.6) is 0 Å². The Morgan fingerprint density at radius 1 is 1.52 bits per heavy atom. The molecule has 2 heterocycles. The molecular formula is C18H25FN4O4. The standard InChI is InChI=1S/C18H25FN4O4/c1-2-3-5-13(11-22(27)12-24)18(26)23-9-4-6-15(23)17(25)21-16-8-7-14(19)10-20-16/h7-8,10,12-13,15,27H,2-6,9,11H2,1H3,(H,20,21,25). The van der Waals surface area contributed by atoms with E-state index in [-0.39, 0.29) is 30.6 Å². The maximum Gasteiger partial charge on any atom is 0.248 e. The van der Waals surface area contributed by atoms with Crippen molar-refractivity contribution in [1.82, 2.24) is 14.9 Å². The molecule has 1 aliphatic heterocycles. The lowest BCUT2D eigenvalue weighted by Crippen LogP contribution is -2.47. The third-order valence-corrected chi connectivity index (χ3v) is 4.60. The van der Waals surface area contributed by atoms with E-state index in [9.17, 15) is 24.0 Å². The van der Waals surface area contributed by atoms with E-state index in [1.54, 1.807) is 0 Å². The first-order valence-corrected chi connectivity index (χ1v) is 9.10. The molecule has 0 saturated carbocycles. The maximum atomic E-state index is 12.9. The number of likely N-dealkylation sites (tertiary alicyclic amines) is 1. The van der Waals surface area contributed by atoms with Gasteiger partial charge >= 0.3 is 0 Å². The fourth-order valence-corrected chi connectivity index (χ4v) is 3.21. The van der Waals surface area contributed by atoms with E-state index < -0.39 is 17.8 Å². The molecule has 3 amide bonds. The highest BCUT2D eigenvalue weighted by Gasteiger charge is 2.37. The number of hydroxylamine groups is 2. The van der Waals surface area contributed by atoms with Crippen LogP contribution in [0, 0.1) is 11.7 Å². The summed E-state index contributed by atoms with van der Waals surface area (Å²) in [4.78, 5) is 41.5. The Bertz CT molecular complexity index is 655. The van der Waals surface area contributed by atoms with Gasteiger partial charge in [0.05, 0.1) is 18.7 Å². The predicted molar refractivity (Wildman–Crippen MR) is 95.1 cm³/mol. The molecule has 0 bridgehead atoms. The van der Waals surface area contributed by atoms with E-state index >= 15 is 0 Å². The van der Waals surface area contributed by atoms with Crippen LogP contribution >= 0.6 is 0 Å². The molecule has 2 unspecified atom stereocenters. The van der Waals surface area contributed by atoms with Crippen molar-refractivity contribution in [2.24, 2.45) is 5.92 Å². The van der Waals surface area contributed by atoms with Gasteiger partial charge in [-0.25, -0.2) is 14.4 Å². The number of amides is 3. The summed E-state index contributed by atoms with van der Waals surface area (Å²) in [5, 5.41) is 12.6. The second-order valence-corrected chi connectivity index (χ2v) is 6.61. The Kier molecular flexibility index (Phi) is 7.66. The lowest BCUT2D eigenvalue weighted by Gasteiger charge is -2.29. The van der Waals surface area contributed by atoms with Crippen LogP contribution in [0.3, 0.4) is 0 Å². The molecule has 1 saturated heterocycles. The van der Waals surface area contributed by atoms with Crippen LogP contribution in [0.2, 0.25) is 0 Å². The summed E-state index contributed by atoms with van der Waals surface area (Å²) >= 11 is 0. The maximum absolute atomic E-state index is 12.9. The molecule has 1 aliphatic rings. The Morgan fingerprint density at radius 2 is 2.30 bits per heavy atom. The fourth-order valence-electron chi connectivity index (χ4n) is 3.21. The molecule has 1 fully saturated rings. The predicted octanol–water partition coefficient (Wildman–Crippen LogP) is 1.80. The Labute approximate surface area is 157 Å². The molecule has 27 heavy (non-hydrogen) atoms. The van der Waals surface area contributed by atoms with Crippen molar-refractivity contribution >= 4 is 24.0 Å². The topological polar surface area (TPSA) is 103 Å². The highest BCUT2D eigenvalue weighted by atomic mass is 19.1. The van der Waals surface area contributed by atoms with E-state index in [2.05, 4.69) is 10.3 Å². The number of hydrogen-bond donors (Lipinski definition) is 2. The number of hydrogen-bond acceptors (Lipinski definition) is 5. The third-order valence-electron chi connectivity index (χ3n) is 4.60. The van der Waals surface area contributed by atoms with Crippen molar-refractivity contribution in [3.63, 3.8) is 0 Å². The second kappa shape index (κ2) is 9.96. The monoisotopic (exact) mass is 380 g/mol. The van der Waals surface area contributed by atoms with Crippen LogP contribution in [0.4, 0.5) is 10.2 Å². The molecule has 2 rings (SSSR count). The summed E-state index contributed by atoms with van der Waals surface area (Å²) in [5.41, 5.74) is 0. The van der Waals surface area contributed by atoms with Crippen LogP contribution in [0.1, 0.15) is 39.0 Å². The largest absolute Gasteiger partial charge is 0.330 e. The average molecular weight is 380 g/mol. The number of carbonyl (C=O) groups excluding carboxylic acids is 3. The highest BCUT2D eigenvalue weighted by molar-refractivity contribution is 5.97. The average Bonchev–Trinajstić information content (AvgIpc) is 3.16. The molecule has 0 aliphatic carbocycles. The van der Waals surface area contributed by atoms with Crippen molar-refractivity contribution < 1.29 is 24.0 Å². The number of aromatic nitrogens is 1. The van der Waals surface area contributed by atoms with Crippen molar-refractivity contribution in [3.8, 4) is 0 Å². The number of nitrogens with one attached hydrogen (secondary N) is 1. The molecule has 2 atom stereocenters. The van der Waals surface area contributed by atoms with Gasteiger partial charge in [0.2, 0.25) is 18.2 Å². The molecular weight excluding hydrogens is 355 g/mol. The third kappa shape index (κ3) is 5.72. The molecule has 148 valence electrons. The van der Waals surface area contributed by atoms with E-state index in [4.69, 9.17) is 0 Å². The number of rotatable bonds is 9. The summed E-state index contributed by atoms with van der Waals surface area (Å²) in [6.07, 6.45) is 4.62. The fraction of sp³-hybridized carbons (Fsp3) is 0.556. The zero-order valence-electron chi connectivity index (χ0n) is 15.3. The van der Waals surface area contributed by atoms with Gasteiger partial charge in [-0.3, -0.25) is 19.6 Å². The van der Waals surface area contributed by atoms with Crippen LogP contribution < -0.4 is 5.32 Å². The zero-order valence-corrected chi connectivity index (χ0v) is 15.3. The lowest BCUT2D eigenvalue weighted by molar-refractivity contribution is -0.157. The van der Waals surface area contributed by atoms with Crippen molar-refractivity contribution in [2.75, 3.05) is 18.4 Å². The van der Waals surface area contributed by atoms with Crippen LogP contribution in [0.15, 0.2) is 18.3 Å². The van der Waals surface area contributed by atoms with Gasteiger partial charge in [0.1, 0.15) is 17.7 Å². The normalized spacial score (nSPS) is 17.4. The Balaban J connectivity index is 2.06. The minimum absolute atomic E-state index is 0.104. The molecule has 1 aromatic rings. The smallest absolute Gasteiger partial charge is 0.248 e. The van der Waals surface area contributed by atoms with Gasteiger partial charge in [0.25, 0.3) is 0 Å². The van der Waals surface area contributed by atoms with E-state index in [1.807, 2.05) is 6.92 Å². The first-order chi connectivity index (χ1) is 13.0. The molecule has 9 heteroatoms. The Morgan fingerprint density at radius 3 is 2.93 bits per heavy atom. The van der Waals surface area contributed by atoms with Gasteiger partial charge in [-0.1, -0.05) is 19.8 Å². The first kappa shape index (κ1) is 20.8. The summed E-state index contributed by atoms with van der Waals surface area (Å²) in [6.45, 7) is 2.31. The Hall–Kier alpha value is -2.55. The number of carbonyl (C=O) groups is 3. The second-order valence-electron chi connectivity index (χ2n) is 6.61. The molecule has 0 spiro atoms. The first-order valence-electron chi connectivity index (χ1n) is 9.10. The van der Waals surface area contributed by atoms with Gasteiger partial charge < -0.3 is 10.2 Å². The summed E-state index contributed by atoms with van der Waals surface area (Å²) < 4.78 is 12.9. The van der Waals surface area contributed by atoms with Crippen LogP contribution in [0.25, 0.3) is 0 Å². The van der Waals surface area contributed by atoms with Crippen LogP contribution in [-0.4, -0.2) is 57.5 Å². The number of anilines is 1. The van der Waals surface area contributed by atoms with Gasteiger partial charge in [-0.15, -0.1) is 0 Å².